The maximum atomic E-state index is 16.0. The number of benzene rings is 3. The van der Waals surface area contributed by atoms with Crippen molar-refractivity contribution in [3.8, 4) is 5.75 Å². The quantitative estimate of drug-likeness (QED) is 0.0154. The fourth-order valence-electron chi connectivity index (χ4n) is 13.0. The van der Waals surface area contributed by atoms with E-state index in [1.54, 1.807) is 30.5 Å². The number of aromatic amines is 1. The molecule has 13 amide bonds. The second-order valence-corrected chi connectivity index (χ2v) is 29.8. The molecule has 4 aromatic rings. The van der Waals surface area contributed by atoms with Crippen LogP contribution in [0.15, 0.2) is 77.9 Å². The lowest BCUT2D eigenvalue weighted by atomic mass is 9.95. The van der Waals surface area contributed by atoms with Gasteiger partial charge in [-0.15, -0.1) is 0 Å². The summed E-state index contributed by atoms with van der Waals surface area (Å²) in [7, 11) is 1.69. The lowest BCUT2D eigenvalue weighted by Crippen LogP contribution is -2.61. The van der Waals surface area contributed by atoms with Crippen molar-refractivity contribution in [2.75, 3.05) is 37.7 Å². The van der Waals surface area contributed by atoms with Gasteiger partial charge in [-0.25, -0.2) is 4.39 Å². The monoisotopic (exact) mass is 1570 g/mol. The van der Waals surface area contributed by atoms with E-state index in [0.717, 1.165) is 34.4 Å². The minimum Gasteiger partial charge on any atom is -0.508 e. The molecule has 3 fully saturated rings. The van der Waals surface area contributed by atoms with Crippen LogP contribution in [0.3, 0.4) is 0 Å². The summed E-state index contributed by atoms with van der Waals surface area (Å²) >= 11 is 6.24. The zero-order valence-corrected chi connectivity index (χ0v) is 62.3. The van der Waals surface area contributed by atoms with E-state index in [9.17, 15) is 63.0 Å². The van der Waals surface area contributed by atoms with Crippen molar-refractivity contribution in [2.24, 2.45) is 39.6 Å². The number of carboxylic acids is 1. The fourth-order valence-corrected chi connectivity index (χ4v) is 15.5. The van der Waals surface area contributed by atoms with E-state index in [-0.39, 0.29) is 79.4 Å². The molecule has 3 aromatic carbocycles. The molecule has 0 spiro atoms. The molecule has 1 aliphatic heterocycles. The number of nitrogens with one attached hydrogen (secondary N) is 11. The first-order valence-electron chi connectivity index (χ1n) is 35.9. The number of aromatic nitrogens is 1. The molecule has 2 saturated carbocycles. The zero-order chi connectivity index (χ0) is 79.3. The molecule has 1 aromatic heterocycles. The lowest BCUT2D eigenvalue weighted by molar-refractivity contribution is -0.139. The number of halogens is 2. The summed E-state index contributed by atoms with van der Waals surface area (Å²) in [6.07, 6.45) is 2.05. The number of H-pyrrole nitrogens is 1. The molecule has 2 heterocycles. The highest BCUT2D eigenvalue weighted by Crippen LogP contribution is 2.30. The second kappa shape index (κ2) is 43.1. The molecule has 0 radical (unpaired) electrons. The number of para-hydroxylation sites is 1. The largest absolute Gasteiger partial charge is 0.508 e. The number of phenols is 1. The number of primary amides is 2. The standard InChI is InChI=1S/C71H96ClFN18O16S2/c72-45-15-7-11-40(60(45)73)32-51-67(104)84-47(17-8-29-80-71(77)78)63(100)79-30-27-56(94)82-48(22-24-55(75)93)64(101)86-52(33-41-34-81-46-16-6-5-14-44(41)46)68(105)85-49(23-25-59(97)98)65(102)88-53(62(76)99)36-108-109-37-54(69(106)90-61(70(107)87-51)39-9-1-2-10-39)89-66(103)50(31-38-18-20-43(92)21-19-38)83-57(95)35-91(58(96)26-28-74)42-12-3-4-13-42/h5-7,11,14-16,18-21,34,39,42,47-54,61,81,92H,1-4,8-10,12-13,17,22-33,35-37,74H2,(H2,75,93)(H2,76,99)(H,79,100)(H,82,94)(H,83,95)(H,84,104)(H,85,105)(H,86,101)(H,87,107)(H,88,102)(H,89,103)(H,90,106)(H,97,98)(H4,77,78,80)/t47-,48-,49-,50-,51-,52-,53-,54-,61-/m0/s1. The van der Waals surface area contributed by atoms with Gasteiger partial charge in [-0.2, -0.15) is 0 Å². The number of phenolic OH excluding ortho intramolecular Hbond substituents is 1. The number of carbonyl (C=O) groups excluding carboxylic acids is 13. The molecule has 23 N–H and O–H groups in total. The van der Waals surface area contributed by atoms with Crippen molar-refractivity contribution >= 4 is 133 Å². The van der Waals surface area contributed by atoms with Gasteiger partial charge in [0.05, 0.1) is 11.6 Å². The number of carboxylic acid groups (broad SMARTS) is 1. The minimum absolute atomic E-state index is 0.0000657. The Bertz CT molecular complexity index is 3940. The molecule has 0 bridgehead atoms. The van der Waals surface area contributed by atoms with Gasteiger partial charge in [-0.05, 0) is 98.2 Å². The highest BCUT2D eigenvalue weighted by atomic mass is 35.5. The average molecular weight is 1580 g/mol. The first-order valence-corrected chi connectivity index (χ1v) is 38.8. The first kappa shape index (κ1) is 86.0. The third kappa shape index (κ3) is 27.4. The number of carbonyl (C=O) groups is 14. The Morgan fingerprint density at radius 3 is 1.93 bits per heavy atom. The second-order valence-electron chi connectivity index (χ2n) is 26.9. The summed E-state index contributed by atoms with van der Waals surface area (Å²) in [5.41, 5.74) is 29.7. The van der Waals surface area contributed by atoms with Gasteiger partial charge in [-0.3, -0.25) is 72.1 Å². The van der Waals surface area contributed by atoms with Crippen molar-refractivity contribution in [3.05, 3.63) is 100 Å². The Morgan fingerprint density at radius 1 is 0.661 bits per heavy atom. The van der Waals surface area contributed by atoms with Crippen molar-refractivity contribution in [3.63, 3.8) is 0 Å². The van der Waals surface area contributed by atoms with Crippen LogP contribution in [0.1, 0.15) is 119 Å². The van der Waals surface area contributed by atoms with Gasteiger partial charge >= 0.3 is 5.97 Å². The van der Waals surface area contributed by atoms with E-state index in [1.807, 2.05) is 0 Å². The molecule has 109 heavy (non-hydrogen) atoms. The molecule has 0 unspecified atom stereocenters. The number of nitrogens with zero attached hydrogens (tertiary/aromatic N) is 2. The van der Waals surface area contributed by atoms with E-state index in [2.05, 4.69) is 63.1 Å². The SMILES string of the molecule is NCCC(=O)N(CC(=O)N[C@@H](Cc1ccc(O)cc1)C(=O)N[C@H]1CSSC[C@@H](C(N)=O)NC(=O)[C@H](CCC(=O)O)NC(=O)[C@H](Cc2c[nH]c3ccccc23)NC(=O)[C@H](CCC(N)=O)NC(=O)CCNC(=O)[C@H](CCCN=C(N)N)NC(=O)[C@H](Cc2cccc(Cl)c2F)NC(=O)[C@H](C2CCCC2)NC1=O)C1CCCC1. The maximum Gasteiger partial charge on any atom is 0.303 e. The number of aliphatic imine (C=N–C) groups is 1. The summed E-state index contributed by atoms with van der Waals surface area (Å²) in [6.45, 7) is -1.00. The van der Waals surface area contributed by atoms with Crippen LogP contribution in [0.5, 0.6) is 5.75 Å². The predicted octanol–water partition coefficient (Wildman–Crippen LogP) is -1.06. The summed E-state index contributed by atoms with van der Waals surface area (Å²) in [5.74, 6) is -16.4. The Morgan fingerprint density at radius 2 is 1.27 bits per heavy atom. The molecule has 2 aliphatic carbocycles. The zero-order valence-electron chi connectivity index (χ0n) is 59.9. The normalized spacial score (nSPS) is 22.0. The highest BCUT2D eigenvalue weighted by Gasteiger charge is 2.40. The first-order chi connectivity index (χ1) is 52.1. The van der Waals surface area contributed by atoms with Crippen LogP contribution >= 0.6 is 33.2 Å². The fraction of sp³-hybridized carbons (Fsp3) is 0.507. The molecule has 34 nitrogen and oxygen atoms in total. The van der Waals surface area contributed by atoms with Gasteiger partial charge < -0.3 is 102 Å². The van der Waals surface area contributed by atoms with Gasteiger partial charge in [0.1, 0.15) is 65.9 Å². The number of nitrogens with two attached hydrogens (primary N) is 5. The van der Waals surface area contributed by atoms with Crippen LogP contribution in [0.25, 0.3) is 10.9 Å². The highest BCUT2D eigenvalue weighted by molar-refractivity contribution is 8.76. The third-order valence-corrected chi connectivity index (χ3v) is 21.5. The summed E-state index contributed by atoms with van der Waals surface area (Å²) < 4.78 is 16.0. The van der Waals surface area contributed by atoms with Crippen LogP contribution in [0.2, 0.25) is 5.02 Å². The number of amides is 13. The van der Waals surface area contributed by atoms with E-state index >= 15 is 18.8 Å². The molecular formula is C71H96ClFN18O16S2. The topological polar surface area (TPSA) is 561 Å². The molecule has 3 aliphatic rings. The minimum atomic E-state index is -1.76. The number of fused-ring (bicyclic) bond motifs is 1. The predicted molar refractivity (Wildman–Crippen MR) is 403 cm³/mol. The van der Waals surface area contributed by atoms with Crippen molar-refractivity contribution in [1.82, 2.24) is 63.1 Å². The number of rotatable bonds is 26. The van der Waals surface area contributed by atoms with Gasteiger partial charge in [-0.1, -0.05) is 101 Å². The smallest absolute Gasteiger partial charge is 0.303 e. The molecule has 7 rings (SSSR count). The van der Waals surface area contributed by atoms with E-state index in [4.69, 9.17) is 40.3 Å². The molecule has 38 heteroatoms. The van der Waals surface area contributed by atoms with E-state index in [0.29, 0.717) is 60.6 Å². The molecular weight excluding hydrogens is 1480 g/mol. The number of guanidine groups is 1. The van der Waals surface area contributed by atoms with Crippen LogP contribution in [-0.2, 0) is 86.4 Å². The van der Waals surface area contributed by atoms with Crippen LogP contribution in [-0.4, -0.2) is 207 Å². The molecule has 9 atom stereocenters. The Hall–Kier alpha value is -10.3. The average Bonchev–Trinajstić information content (AvgIpc) is 1.77. The number of aliphatic carboxylic acids is 1. The van der Waals surface area contributed by atoms with Crippen LogP contribution in [0.4, 0.5) is 4.39 Å². The summed E-state index contributed by atoms with van der Waals surface area (Å²) in [4.78, 5) is 206. The number of hydrogen-bond donors (Lipinski definition) is 18. The van der Waals surface area contributed by atoms with Crippen molar-refractivity contribution < 1.29 is 81.7 Å². The van der Waals surface area contributed by atoms with E-state index < -0.39 is 206 Å². The van der Waals surface area contributed by atoms with Crippen molar-refractivity contribution in [2.45, 2.75) is 182 Å². The Balaban J connectivity index is 1.29. The van der Waals surface area contributed by atoms with Gasteiger partial charge in [0, 0.05) is 99.2 Å². The lowest BCUT2D eigenvalue weighted by Gasteiger charge is -2.30. The third-order valence-electron chi connectivity index (χ3n) is 18.7. The van der Waals surface area contributed by atoms with Gasteiger partial charge in [0.25, 0.3) is 0 Å². The van der Waals surface area contributed by atoms with Crippen molar-refractivity contribution in [1.29, 1.82) is 0 Å². The summed E-state index contributed by atoms with van der Waals surface area (Å²) in [5, 5.41) is 46.4. The molecule has 592 valence electrons. The van der Waals surface area contributed by atoms with Gasteiger partial charge in [0.2, 0.25) is 76.8 Å². The Kier molecular flexibility index (Phi) is 34.0. The van der Waals surface area contributed by atoms with Crippen LogP contribution in [0, 0.1) is 11.7 Å². The Labute approximate surface area is 640 Å². The number of hydrogen-bond acceptors (Lipinski definition) is 19. The van der Waals surface area contributed by atoms with Crippen LogP contribution < -0.4 is 81.8 Å². The number of aromatic hydroxyl groups is 1. The molecule has 1 saturated heterocycles. The van der Waals surface area contributed by atoms with E-state index in [1.165, 1.54) is 47.4 Å². The summed E-state index contributed by atoms with van der Waals surface area (Å²) in [6, 6.07) is 1.63. The van der Waals surface area contributed by atoms with Gasteiger partial charge in [0.15, 0.2) is 5.96 Å². The maximum absolute atomic E-state index is 16.0.